The highest BCUT2D eigenvalue weighted by molar-refractivity contribution is 6.77. The monoisotopic (exact) mass is 899 g/mol. The smallest absolute Gasteiger partial charge is 0.201 e. The summed E-state index contributed by atoms with van der Waals surface area (Å²) in [5.41, 5.74) is 5.27. The quantitative estimate of drug-likeness (QED) is 0.0712. The fourth-order valence-corrected chi connectivity index (χ4v) is 16.3. The van der Waals surface area contributed by atoms with Crippen LogP contribution in [0.3, 0.4) is 0 Å². The van der Waals surface area contributed by atoms with Crippen LogP contribution in [-0.2, 0) is 31.5 Å². The number of hydrogen-bond acceptors (Lipinski definition) is 8. The number of aliphatic hydroxyl groups excluding tert-OH is 2. The van der Waals surface area contributed by atoms with Crippen LogP contribution in [0.2, 0.25) is 34.8 Å². The van der Waals surface area contributed by atoms with Gasteiger partial charge in [0.25, 0.3) is 0 Å². The van der Waals surface area contributed by atoms with Crippen LogP contribution in [0.4, 0.5) is 0 Å². The van der Waals surface area contributed by atoms with Gasteiger partial charge in [-0.05, 0) is 102 Å². The highest BCUT2D eigenvalue weighted by Crippen LogP contribution is 2.45. The highest BCUT2D eigenvalue weighted by Gasteiger charge is 2.49. The molecular formula is C52H90O8Si2. The summed E-state index contributed by atoms with van der Waals surface area (Å²) in [4.78, 5) is 0. The molecule has 0 amide bonds. The van der Waals surface area contributed by atoms with Crippen LogP contribution in [0.1, 0.15) is 122 Å². The molecule has 2 aromatic rings. The number of rotatable bonds is 26. The van der Waals surface area contributed by atoms with Crippen LogP contribution < -0.4 is 9.47 Å². The van der Waals surface area contributed by atoms with Crippen LogP contribution in [0.5, 0.6) is 11.5 Å². The molecule has 2 aromatic carbocycles. The lowest BCUT2D eigenvalue weighted by Crippen LogP contribution is -2.54. The van der Waals surface area contributed by atoms with Gasteiger partial charge in [-0.1, -0.05) is 126 Å². The predicted molar refractivity (Wildman–Crippen MR) is 264 cm³/mol. The van der Waals surface area contributed by atoms with E-state index in [0.29, 0.717) is 29.8 Å². The van der Waals surface area contributed by atoms with Crippen LogP contribution in [-0.4, -0.2) is 78.2 Å². The first-order valence-corrected chi connectivity index (χ1v) is 28.3. The zero-order valence-corrected chi connectivity index (χ0v) is 44.7. The summed E-state index contributed by atoms with van der Waals surface area (Å²) in [5.74, 6) is 1.03. The van der Waals surface area contributed by atoms with E-state index in [1.807, 2.05) is 62.4 Å². The molecule has 0 saturated carbocycles. The number of aliphatic hydroxyl groups is 2. The topological polar surface area (TPSA) is 95.8 Å². The van der Waals surface area contributed by atoms with E-state index in [2.05, 4.69) is 122 Å². The number of benzene rings is 2. The predicted octanol–water partition coefficient (Wildman–Crippen LogP) is 12.9. The molecule has 0 aliphatic rings. The third-order valence-electron chi connectivity index (χ3n) is 13.8. The van der Waals surface area contributed by atoms with E-state index in [1.54, 1.807) is 14.2 Å². The van der Waals surface area contributed by atoms with Gasteiger partial charge in [0.15, 0.2) is 8.32 Å². The summed E-state index contributed by atoms with van der Waals surface area (Å²) in [7, 11) is -1.15. The molecule has 0 unspecified atom stereocenters. The minimum atomic E-state index is -2.33. The van der Waals surface area contributed by atoms with Crippen LogP contribution in [0.15, 0.2) is 71.8 Å². The summed E-state index contributed by atoms with van der Waals surface area (Å²) in [6, 6.07) is 15.8. The van der Waals surface area contributed by atoms with Crippen molar-refractivity contribution in [1.82, 2.24) is 0 Å². The van der Waals surface area contributed by atoms with Crippen molar-refractivity contribution in [2.24, 2.45) is 23.7 Å². The van der Waals surface area contributed by atoms with Crippen LogP contribution in [0, 0.1) is 23.7 Å². The molecule has 354 valence electrons. The molecule has 8 nitrogen and oxygen atoms in total. The summed E-state index contributed by atoms with van der Waals surface area (Å²) < 4.78 is 38.9. The van der Waals surface area contributed by atoms with Crippen molar-refractivity contribution in [1.29, 1.82) is 0 Å². The summed E-state index contributed by atoms with van der Waals surface area (Å²) in [6.45, 7) is 41.1. The maximum Gasteiger partial charge on any atom is 0.201 e. The highest BCUT2D eigenvalue weighted by atomic mass is 28.4. The van der Waals surface area contributed by atoms with Crippen molar-refractivity contribution in [3.8, 4) is 11.5 Å². The molecule has 0 aliphatic carbocycles. The van der Waals surface area contributed by atoms with Crippen molar-refractivity contribution in [2.45, 2.75) is 189 Å². The van der Waals surface area contributed by atoms with Crippen LogP contribution in [0.25, 0.3) is 0 Å². The van der Waals surface area contributed by atoms with E-state index in [9.17, 15) is 10.2 Å². The SMILES string of the molecule is COc1ccc(CO[C@@H]([C@H](C)[C@H](O)/C(C)=C/[C@@H](C)[C@H](OCc2ccc(OC)cc2)[C@@H](C)CO)[C@H](C)/C=C(\C)[C@H](O[Si](C(C)C)(C(C)C)C(C)C)[C@H](C)O[Si](C)(C)C(C)(C)C)cc1. The Kier molecular flexibility index (Phi) is 22.4. The molecule has 0 fully saturated rings. The Balaban J connectivity index is 2.61. The van der Waals surface area contributed by atoms with Crippen molar-refractivity contribution in [2.75, 3.05) is 20.8 Å². The second-order valence-electron chi connectivity index (χ2n) is 20.7. The van der Waals surface area contributed by atoms with Crippen molar-refractivity contribution in [3.63, 3.8) is 0 Å². The second kappa shape index (κ2) is 24.8. The summed E-state index contributed by atoms with van der Waals surface area (Å²) in [5, 5.41) is 22.5. The molecule has 9 atom stereocenters. The van der Waals surface area contributed by atoms with E-state index in [1.165, 1.54) is 0 Å². The zero-order chi connectivity index (χ0) is 47.3. The first-order valence-electron chi connectivity index (χ1n) is 23.3. The maximum atomic E-state index is 12.2. The minimum absolute atomic E-state index is 0.00664. The molecular weight excluding hydrogens is 809 g/mol. The molecule has 10 heteroatoms. The average Bonchev–Trinajstić information content (AvgIpc) is 3.19. The first kappa shape index (κ1) is 55.8. The van der Waals surface area contributed by atoms with Gasteiger partial charge in [-0.15, -0.1) is 0 Å². The first-order chi connectivity index (χ1) is 28.8. The Bertz CT molecular complexity index is 1620. The van der Waals surface area contributed by atoms with E-state index in [0.717, 1.165) is 33.8 Å². The molecule has 0 saturated heterocycles. The van der Waals surface area contributed by atoms with Gasteiger partial charge < -0.3 is 38.0 Å². The van der Waals surface area contributed by atoms with Gasteiger partial charge in [0, 0.05) is 30.3 Å². The van der Waals surface area contributed by atoms with Gasteiger partial charge in [0.1, 0.15) is 11.5 Å². The zero-order valence-electron chi connectivity index (χ0n) is 42.7. The average molecular weight is 899 g/mol. The lowest BCUT2D eigenvalue weighted by molar-refractivity contribution is -0.0487. The Labute approximate surface area is 381 Å². The molecule has 62 heavy (non-hydrogen) atoms. The van der Waals surface area contributed by atoms with Crippen LogP contribution >= 0.6 is 0 Å². The number of ether oxygens (including phenoxy) is 4. The molecule has 0 heterocycles. The summed E-state index contributed by atoms with van der Waals surface area (Å²) in [6.07, 6.45) is 2.63. The normalized spacial score (nSPS) is 18.0. The third kappa shape index (κ3) is 15.1. The minimum Gasteiger partial charge on any atom is -0.497 e. The second-order valence-corrected chi connectivity index (χ2v) is 30.9. The summed E-state index contributed by atoms with van der Waals surface area (Å²) >= 11 is 0. The molecule has 0 bridgehead atoms. The van der Waals surface area contributed by atoms with E-state index in [-0.39, 0.29) is 59.7 Å². The molecule has 0 aliphatic heterocycles. The fourth-order valence-electron chi connectivity index (χ4n) is 9.25. The van der Waals surface area contributed by atoms with Crippen molar-refractivity contribution < 1.29 is 38.0 Å². The molecule has 0 aromatic heterocycles. The lowest BCUT2D eigenvalue weighted by atomic mass is 9.83. The van der Waals surface area contributed by atoms with Crippen molar-refractivity contribution in [3.05, 3.63) is 83.0 Å². The van der Waals surface area contributed by atoms with Gasteiger partial charge in [-0.25, -0.2) is 0 Å². The van der Waals surface area contributed by atoms with E-state index < -0.39 is 22.7 Å². The Morgan fingerprint density at radius 2 is 1.03 bits per heavy atom. The third-order valence-corrected chi connectivity index (χ3v) is 24.5. The Hall–Kier alpha value is -2.29. The largest absolute Gasteiger partial charge is 0.497 e. The Morgan fingerprint density at radius 3 is 1.42 bits per heavy atom. The van der Waals surface area contributed by atoms with Gasteiger partial charge in [0.05, 0.1) is 58.0 Å². The number of hydrogen-bond donors (Lipinski definition) is 2. The number of methoxy groups -OCH3 is 2. The van der Waals surface area contributed by atoms with Gasteiger partial charge in [-0.3, -0.25) is 0 Å². The Morgan fingerprint density at radius 1 is 0.629 bits per heavy atom. The van der Waals surface area contributed by atoms with Gasteiger partial charge in [-0.2, -0.15) is 0 Å². The fraction of sp³-hybridized carbons (Fsp3) is 0.692. The molecule has 0 radical (unpaired) electrons. The molecule has 2 N–H and O–H groups in total. The lowest BCUT2D eigenvalue weighted by Gasteiger charge is -2.48. The molecule has 0 spiro atoms. The standard InChI is InChI=1S/C52H90O8Si2/c1-34(2)62(35(3)4,36(5)6)60-51(43(13)59-61(19,20)52(14,15)16)40(10)30-39(9)50(58-33-45-23-27-47(56-18)28-24-45)42(12)48(54)37(7)29-38(8)49(41(11)31-53)57-32-44-21-25-46(55-17)26-22-44/h21-30,34-36,38-39,41-43,48-51,53-54H,31-33H2,1-20H3/b37-29+,40-30+/t38-,39-,41+,42-,43+,48-,49+,50-,51+/m1/s1. The van der Waals surface area contributed by atoms with E-state index in [4.69, 9.17) is 27.8 Å². The van der Waals surface area contributed by atoms with Crippen molar-refractivity contribution >= 4 is 16.6 Å². The van der Waals surface area contributed by atoms with Gasteiger partial charge in [0.2, 0.25) is 8.32 Å². The van der Waals surface area contributed by atoms with E-state index >= 15 is 0 Å². The maximum absolute atomic E-state index is 12.2. The molecule has 2 rings (SSSR count). The van der Waals surface area contributed by atoms with Gasteiger partial charge >= 0.3 is 0 Å².